The van der Waals surface area contributed by atoms with Crippen LogP contribution in [0.3, 0.4) is 0 Å². The van der Waals surface area contributed by atoms with Gasteiger partial charge in [0, 0.05) is 43.5 Å². The van der Waals surface area contributed by atoms with Crippen LogP contribution in [-0.4, -0.2) is 49.7 Å². The number of pyridine rings is 1. The topological polar surface area (TPSA) is 81.0 Å². The van der Waals surface area contributed by atoms with Crippen LogP contribution in [0.1, 0.15) is 65.8 Å². The summed E-state index contributed by atoms with van der Waals surface area (Å²) in [5.74, 6) is 0.388. The van der Waals surface area contributed by atoms with Crippen molar-refractivity contribution in [3.8, 4) is 0 Å². The molecule has 4 rings (SSSR count). The van der Waals surface area contributed by atoms with Crippen molar-refractivity contribution in [1.82, 2.24) is 24.9 Å². The monoisotopic (exact) mass is 381 g/mol. The van der Waals surface area contributed by atoms with E-state index in [4.69, 9.17) is 0 Å². The van der Waals surface area contributed by atoms with Gasteiger partial charge in [0.2, 0.25) is 0 Å². The average molecular weight is 381 g/mol. The predicted octanol–water partition coefficient (Wildman–Crippen LogP) is 2.99. The number of rotatable bonds is 5. The van der Waals surface area contributed by atoms with E-state index in [0.29, 0.717) is 30.3 Å². The molecule has 0 bridgehead atoms. The molecule has 1 unspecified atom stereocenters. The molecule has 148 valence electrons. The smallest absolute Gasteiger partial charge is 0.276 e. The van der Waals surface area contributed by atoms with Gasteiger partial charge in [-0.15, -0.1) is 5.10 Å². The molecule has 7 nitrogen and oxygen atoms in total. The van der Waals surface area contributed by atoms with Gasteiger partial charge < -0.3 is 4.90 Å². The molecule has 1 amide bonds. The van der Waals surface area contributed by atoms with E-state index in [1.807, 2.05) is 4.68 Å². The van der Waals surface area contributed by atoms with Crippen molar-refractivity contribution in [3.63, 3.8) is 0 Å². The normalized spacial score (nSPS) is 20.9. The molecule has 1 atom stereocenters. The van der Waals surface area contributed by atoms with Crippen LogP contribution in [-0.2, 0) is 6.54 Å². The first kappa shape index (κ1) is 18.8. The third kappa shape index (κ3) is 4.29. The first-order valence-electron chi connectivity index (χ1n) is 10.3. The highest BCUT2D eigenvalue weighted by Crippen LogP contribution is 2.25. The minimum atomic E-state index is -0.181. The fourth-order valence-electron chi connectivity index (χ4n) is 4.40. The fourth-order valence-corrected chi connectivity index (χ4v) is 4.40. The number of ketones is 1. The highest BCUT2D eigenvalue weighted by atomic mass is 16.2. The first-order chi connectivity index (χ1) is 13.7. The van der Waals surface area contributed by atoms with Crippen LogP contribution in [0.25, 0.3) is 0 Å². The molecule has 0 aromatic carbocycles. The van der Waals surface area contributed by atoms with Crippen molar-refractivity contribution in [2.45, 2.75) is 51.5 Å². The lowest BCUT2D eigenvalue weighted by atomic mass is 9.89. The molecule has 2 fully saturated rings. The molecule has 0 N–H and O–H groups in total. The van der Waals surface area contributed by atoms with E-state index in [2.05, 4.69) is 15.3 Å². The average Bonchev–Trinajstić information content (AvgIpc) is 3.22. The summed E-state index contributed by atoms with van der Waals surface area (Å²) in [7, 11) is 0. The summed E-state index contributed by atoms with van der Waals surface area (Å²) in [5, 5.41) is 8.28. The van der Waals surface area contributed by atoms with Crippen molar-refractivity contribution in [3.05, 3.63) is 42.0 Å². The molecule has 1 aliphatic heterocycles. The summed E-state index contributed by atoms with van der Waals surface area (Å²) in [5.41, 5.74) is 0.991. The molecule has 1 saturated carbocycles. The molecule has 0 spiro atoms. The number of Topliss-reactive ketones (excluding diaryl/α,β-unsaturated/α-hetero) is 1. The molecular weight excluding hydrogens is 354 g/mol. The number of piperidine rings is 1. The molecule has 2 aromatic heterocycles. The lowest BCUT2D eigenvalue weighted by Gasteiger charge is -2.31. The summed E-state index contributed by atoms with van der Waals surface area (Å²) in [6.45, 7) is 1.93. The van der Waals surface area contributed by atoms with Crippen molar-refractivity contribution in [2.75, 3.05) is 13.1 Å². The zero-order chi connectivity index (χ0) is 19.3. The standard InChI is InChI=1S/C21H27N5O2/c27-20(17-8-4-10-22-12-17)18-9-5-11-25(14-18)21(28)19-15-26(24-23-19)13-16-6-2-1-3-7-16/h4,8,10,12,15-16,18H,1-3,5-7,9,11,13-14H2. The molecule has 1 saturated heterocycles. The number of hydrogen-bond donors (Lipinski definition) is 0. The molecular formula is C21H27N5O2. The second-order valence-corrected chi connectivity index (χ2v) is 8.03. The van der Waals surface area contributed by atoms with Gasteiger partial charge in [0.05, 0.1) is 6.20 Å². The van der Waals surface area contributed by atoms with Crippen LogP contribution in [0.15, 0.2) is 30.7 Å². The second-order valence-electron chi connectivity index (χ2n) is 8.03. The van der Waals surface area contributed by atoms with E-state index in [9.17, 15) is 9.59 Å². The van der Waals surface area contributed by atoms with E-state index in [1.54, 1.807) is 35.6 Å². The highest BCUT2D eigenvalue weighted by Gasteiger charge is 2.30. The van der Waals surface area contributed by atoms with Crippen molar-refractivity contribution in [2.24, 2.45) is 11.8 Å². The largest absolute Gasteiger partial charge is 0.336 e. The zero-order valence-electron chi connectivity index (χ0n) is 16.2. The summed E-state index contributed by atoms with van der Waals surface area (Å²) < 4.78 is 1.81. The molecule has 2 aromatic rings. The Hall–Kier alpha value is -2.57. The summed E-state index contributed by atoms with van der Waals surface area (Å²) >= 11 is 0. The van der Waals surface area contributed by atoms with Crippen molar-refractivity contribution in [1.29, 1.82) is 0 Å². The van der Waals surface area contributed by atoms with E-state index >= 15 is 0 Å². The third-order valence-electron chi connectivity index (χ3n) is 5.95. The Kier molecular flexibility index (Phi) is 5.78. The minimum Gasteiger partial charge on any atom is -0.336 e. The maximum Gasteiger partial charge on any atom is 0.276 e. The fraction of sp³-hybridized carbons (Fsp3) is 0.571. The zero-order valence-corrected chi connectivity index (χ0v) is 16.2. The number of likely N-dealkylation sites (tertiary alicyclic amines) is 1. The van der Waals surface area contributed by atoms with Gasteiger partial charge in [-0.2, -0.15) is 0 Å². The van der Waals surface area contributed by atoms with Gasteiger partial charge in [0.1, 0.15) is 0 Å². The quantitative estimate of drug-likeness (QED) is 0.744. The molecule has 2 aliphatic rings. The van der Waals surface area contributed by atoms with E-state index in [0.717, 1.165) is 19.4 Å². The Morgan fingerprint density at radius 3 is 2.75 bits per heavy atom. The van der Waals surface area contributed by atoms with Crippen LogP contribution in [0.5, 0.6) is 0 Å². The van der Waals surface area contributed by atoms with Gasteiger partial charge in [-0.25, -0.2) is 0 Å². The Bertz CT molecular complexity index is 813. The van der Waals surface area contributed by atoms with Gasteiger partial charge in [-0.05, 0) is 43.7 Å². The maximum absolute atomic E-state index is 12.9. The van der Waals surface area contributed by atoms with E-state index < -0.39 is 0 Å². The van der Waals surface area contributed by atoms with Crippen molar-refractivity contribution < 1.29 is 9.59 Å². The number of nitrogens with zero attached hydrogens (tertiary/aromatic N) is 5. The van der Waals surface area contributed by atoms with Crippen LogP contribution in [0.4, 0.5) is 0 Å². The number of carbonyl (C=O) groups is 2. The SMILES string of the molecule is O=C(c1cccnc1)C1CCCN(C(=O)c2cn(CC3CCCCC3)nn2)C1. The van der Waals surface area contributed by atoms with Crippen LogP contribution < -0.4 is 0 Å². The predicted molar refractivity (Wildman–Crippen MR) is 104 cm³/mol. The number of hydrogen-bond acceptors (Lipinski definition) is 5. The molecule has 28 heavy (non-hydrogen) atoms. The Morgan fingerprint density at radius 2 is 1.96 bits per heavy atom. The third-order valence-corrected chi connectivity index (χ3v) is 5.95. The maximum atomic E-state index is 12.9. The van der Waals surface area contributed by atoms with Gasteiger partial charge in [-0.3, -0.25) is 19.3 Å². The summed E-state index contributed by atoms with van der Waals surface area (Å²) in [4.78, 5) is 31.4. The molecule has 7 heteroatoms. The molecule has 3 heterocycles. The first-order valence-corrected chi connectivity index (χ1v) is 10.3. The second kappa shape index (κ2) is 8.63. The molecule has 1 aliphatic carbocycles. The van der Waals surface area contributed by atoms with Crippen LogP contribution in [0, 0.1) is 11.8 Å². The minimum absolute atomic E-state index is 0.0616. The van der Waals surface area contributed by atoms with Crippen LogP contribution in [0.2, 0.25) is 0 Å². The van der Waals surface area contributed by atoms with Gasteiger partial charge >= 0.3 is 0 Å². The van der Waals surface area contributed by atoms with Crippen molar-refractivity contribution >= 4 is 11.7 Å². The molecule has 0 radical (unpaired) electrons. The Morgan fingerprint density at radius 1 is 1.11 bits per heavy atom. The Balaban J connectivity index is 1.38. The number of amides is 1. The summed E-state index contributed by atoms with van der Waals surface area (Å²) in [6.07, 6.45) is 13.0. The lowest BCUT2D eigenvalue weighted by molar-refractivity contribution is 0.0632. The van der Waals surface area contributed by atoms with Gasteiger partial charge in [-0.1, -0.05) is 24.5 Å². The van der Waals surface area contributed by atoms with Crippen LogP contribution >= 0.6 is 0 Å². The lowest BCUT2D eigenvalue weighted by Crippen LogP contribution is -2.42. The Labute approximate surface area is 165 Å². The number of aromatic nitrogens is 4. The summed E-state index contributed by atoms with van der Waals surface area (Å²) in [6, 6.07) is 3.55. The van der Waals surface area contributed by atoms with Gasteiger partial charge in [0.25, 0.3) is 5.91 Å². The van der Waals surface area contributed by atoms with Gasteiger partial charge in [0.15, 0.2) is 11.5 Å². The van der Waals surface area contributed by atoms with E-state index in [-0.39, 0.29) is 17.6 Å². The number of carbonyl (C=O) groups excluding carboxylic acids is 2. The van der Waals surface area contributed by atoms with E-state index in [1.165, 1.54) is 32.1 Å². The highest BCUT2D eigenvalue weighted by molar-refractivity contribution is 5.98.